The van der Waals surface area contributed by atoms with Gasteiger partial charge in [-0.05, 0) is 36.4 Å². The van der Waals surface area contributed by atoms with Gasteiger partial charge >= 0.3 is 6.61 Å². The van der Waals surface area contributed by atoms with Crippen molar-refractivity contribution < 1.29 is 18.3 Å². The van der Waals surface area contributed by atoms with Gasteiger partial charge in [0.25, 0.3) is 5.91 Å². The van der Waals surface area contributed by atoms with Crippen LogP contribution in [0.1, 0.15) is 10.4 Å². The molecule has 0 aliphatic heterocycles. The van der Waals surface area contributed by atoms with Gasteiger partial charge < -0.3 is 10.1 Å². The molecule has 0 bridgehead atoms. The van der Waals surface area contributed by atoms with Gasteiger partial charge in [0, 0.05) is 21.8 Å². The number of hydrogen-bond donors (Lipinski definition) is 1. The Morgan fingerprint density at radius 2 is 1.85 bits per heavy atom. The second kappa shape index (κ2) is 6.47. The topological polar surface area (TPSA) is 38.3 Å². The molecule has 0 saturated carbocycles. The van der Waals surface area contributed by atoms with Gasteiger partial charge in [-0.1, -0.05) is 22.0 Å². The van der Waals surface area contributed by atoms with Crippen LogP contribution in [0, 0.1) is 0 Å². The summed E-state index contributed by atoms with van der Waals surface area (Å²) in [6.07, 6.45) is 0. The number of amides is 1. The first kappa shape index (κ1) is 14.5. The largest absolute Gasteiger partial charge is 0.435 e. The maximum absolute atomic E-state index is 12.1. The summed E-state index contributed by atoms with van der Waals surface area (Å²) in [6.45, 7) is -2.90. The number of nitrogens with one attached hydrogen (secondary N) is 1. The molecular weight excluding hydrogens is 332 g/mol. The Kier molecular flexibility index (Phi) is 4.68. The molecule has 0 fully saturated rings. The Bertz CT molecular complexity index is 602. The van der Waals surface area contributed by atoms with Crippen molar-refractivity contribution in [3.8, 4) is 5.75 Å². The van der Waals surface area contributed by atoms with Crippen LogP contribution in [0.3, 0.4) is 0 Å². The molecule has 0 radical (unpaired) electrons. The van der Waals surface area contributed by atoms with E-state index in [2.05, 4.69) is 26.0 Å². The van der Waals surface area contributed by atoms with Crippen LogP contribution < -0.4 is 10.1 Å². The summed E-state index contributed by atoms with van der Waals surface area (Å²) in [5.41, 5.74) is 0.851. The standard InChI is InChI=1S/C14H10BrF2NO2/c15-10-6-4-9(5-7-10)13(19)18-11-2-1-3-12(8-11)20-14(16)17/h1-8,14H,(H,18,19). The number of halogens is 3. The average Bonchev–Trinajstić information content (AvgIpc) is 2.39. The van der Waals surface area contributed by atoms with Crippen LogP contribution in [-0.4, -0.2) is 12.5 Å². The Hall–Kier alpha value is -1.95. The highest BCUT2D eigenvalue weighted by molar-refractivity contribution is 9.10. The van der Waals surface area contributed by atoms with Crippen molar-refractivity contribution in [1.29, 1.82) is 0 Å². The number of anilines is 1. The molecule has 6 heteroatoms. The predicted octanol–water partition coefficient (Wildman–Crippen LogP) is 4.30. The molecule has 1 N–H and O–H groups in total. The van der Waals surface area contributed by atoms with Crippen LogP contribution >= 0.6 is 15.9 Å². The summed E-state index contributed by atoms with van der Waals surface area (Å²) in [7, 11) is 0. The number of benzene rings is 2. The van der Waals surface area contributed by atoms with Crippen molar-refractivity contribution in [3.63, 3.8) is 0 Å². The lowest BCUT2D eigenvalue weighted by Gasteiger charge is -2.08. The second-order valence-electron chi connectivity index (χ2n) is 3.87. The maximum Gasteiger partial charge on any atom is 0.387 e. The van der Waals surface area contributed by atoms with Gasteiger partial charge in [0.05, 0.1) is 0 Å². The lowest BCUT2D eigenvalue weighted by atomic mass is 10.2. The first-order valence-corrected chi connectivity index (χ1v) is 6.46. The second-order valence-corrected chi connectivity index (χ2v) is 4.78. The zero-order valence-electron chi connectivity index (χ0n) is 10.1. The number of carbonyl (C=O) groups excluding carboxylic acids is 1. The smallest absolute Gasteiger partial charge is 0.387 e. The molecule has 0 heterocycles. The molecule has 2 aromatic rings. The Balaban J connectivity index is 2.09. The van der Waals surface area contributed by atoms with Gasteiger partial charge in [-0.25, -0.2) is 0 Å². The molecule has 0 saturated heterocycles. The lowest BCUT2D eigenvalue weighted by molar-refractivity contribution is -0.0497. The number of carbonyl (C=O) groups is 1. The van der Waals surface area contributed by atoms with Gasteiger partial charge in [-0.2, -0.15) is 8.78 Å². The van der Waals surface area contributed by atoms with Crippen molar-refractivity contribution in [2.75, 3.05) is 5.32 Å². The van der Waals surface area contributed by atoms with E-state index in [0.717, 1.165) is 4.47 Å². The minimum Gasteiger partial charge on any atom is -0.435 e. The summed E-state index contributed by atoms with van der Waals surface area (Å²) in [5, 5.41) is 2.61. The SMILES string of the molecule is O=C(Nc1cccc(OC(F)F)c1)c1ccc(Br)cc1. The van der Waals surface area contributed by atoms with E-state index in [0.29, 0.717) is 11.3 Å². The number of alkyl halides is 2. The van der Waals surface area contributed by atoms with Gasteiger partial charge in [-0.15, -0.1) is 0 Å². The van der Waals surface area contributed by atoms with Crippen LogP contribution in [0.2, 0.25) is 0 Å². The van der Waals surface area contributed by atoms with Gasteiger partial charge in [0.1, 0.15) is 5.75 Å². The Morgan fingerprint density at radius 3 is 2.50 bits per heavy atom. The third kappa shape index (κ3) is 4.03. The summed E-state index contributed by atoms with van der Waals surface area (Å²) in [4.78, 5) is 11.9. The maximum atomic E-state index is 12.1. The van der Waals surface area contributed by atoms with E-state index in [4.69, 9.17) is 0 Å². The fraction of sp³-hybridized carbons (Fsp3) is 0.0714. The van der Waals surface area contributed by atoms with Crippen molar-refractivity contribution in [2.24, 2.45) is 0 Å². The van der Waals surface area contributed by atoms with Gasteiger partial charge in [-0.3, -0.25) is 4.79 Å². The van der Waals surface area contributed by atoms with Crippen LogP contribution in [0.4, 0.5) is 14.5 Å². The van der Waals surface area contributed by atoms with E-state index in [9.17, 15) is 13.6 Å². The molecule has 20 heavy (non-hydrogen) atoms. The highest BCUT2D eigenvalue weighted by Gasteiger charge is 2.08. The Morgan fingerprint density at radius 1 is 1.15 bits per heavy atom. The van der Waals surface area contributed by atoms with Gasteiger partial charge in [0.15, 0.2) is 0 Å². The third-order valence-corrected chi connectivity index (χ3v) is 2.95. The average molecular weight is 342 g/mol. The Labute approximate surface area is 122 Å². The van der Waals surface area contributed by atoms with Crippen molar-refractivity contribution in [3.05, 3.63) is 58.6 Å². The summed E-state index contributed by atoms with van der Waals surface area (Å²) >= 11 is 3.27. The van der Waals surface area contributed by atoms with E-state index >= 15 is 0 Å². The molecule has 0 unspecified atom stereocenters. The van der Waals surface area contributed by atoms with Crippen molar-refractivity contribution >= 4 is 27.5 Å². The number of ether oxygens (including phenoxy) is 1. The zero-order chi connectivity index (χ0) is 14.5. The minimum absolute atomic E-state index is 0.00592. The van der Waals surface area contributed by atoms with Crippen LogP contribution in [0.15, 0.2) is 53.0 Å². The van der Waals surface area contributed by atoms with E-state index in [1.165, 1.54) is 18.2 Å². The fourth-order valence-electron chi connectivity index (χ4n) is 1.55. The number of rotatable bonds is 4. The van der Waals surface area contributed by atoms with Crippen molar-refractivity contribution in [2.45, 2.75) is 6.61 Å². The molecule has 1 amide bonds. The summed E-state index contributed by atoms with van der Waals surface area (Å²) in [5.74, 6) is -0.333. The molecule has 0 atom stereocenters. The molecule has 3 nitrogen and oxygen atoms in total. The fourth-order valence-corrected chi connectivity index (χ4v) is 1.82. The first-order chi connectivity index (χ1) is 9.54. The van der Waals surface area contributed by atoms with Crippen LogP contribution in [0.25, 0.3) is 0 Å². The zero-order valence-corrected chi connectivity index (χ0v) is 11.7. The molecule has 0 aromatic heterocycles. The molecule has 2 aromatic carbocycles. The number of hydrogen-bond acceptors (Lipinski definition) is 2. The molecular formula is C14H10BrF2NO2. The van der Waals surface area contributed by atoms with E-state index in [1.54, 1.807) is 30.3 Å². The molecule has 0 aliphatic rings. The highest BCUT2D eigenvalue weighted by atomic mass is 79.9. The van der Waals surface area contributed by atoms with Gasteiger partial charge in [0.2, 0.25) is 0 Å². The highest BCUT2D eigenvalue weighted by Crippen LogP contribution is 2.20. The van der Waals surface area contributed by atoms with Crippen LogP contribution in [-0.2, 0) is 0 Å². The van der Waals surface area contributed by atoms with Crippen LogP contribution in [0.5, 0.6) is 5.75 Å². The van der Waals surface area contributed by atoms with E-state index in [1.807, 2.05) is 0 Å². The van der Waals surface area contributed by atoms with Crippen molar-refractivity contribution in [1.82, 2.24) is 0 Å². The van der Waals surface area contributed by atoms with E-state index < -0.39 is 6.61 Å². The lowest BCUT2D eigenvalue weighted by Crippen LogP contribution is -2.12. The molecule has 0 spiro atoms. The normalized spacial score (nSPS) is 10.4. The molecule has 0 aliphatic carbocycles. The summed E-state index contributed by atoms with van der Waals surface area (Å²) in [6, 6.07) is 12.6. The molecule has 2 rings (SSSR count). The third-order valence-electron chi connectivity index (χ3n) is 2.42. The minimum atomic E-state index is -2.90. The first-order valence-electron chi connectivity index (χ1n) is 5.66. The quantitative estimate of drug-likeness (QED) is 0.900. The predicted molar refractivity (Wildman–Crippen MR) is 75.2 cm³/mol. The summed E-state index contributed by atoms with van der Waals surface area (Å²) < 4.78 is 29.3. The molecule has 104 valence electrons. The monoisotopic (exact) mass is 341 g/mol. The van der Waals surface area contributed by atoms with E-state index in [-0.39, 0.29) is 11.7 Å².